The minimum absolute atomic E-state index is 0.109. The van der Waals surface area contributed by atoms with E-state index in [0.29, 0.717) is 48.7 Å². The number of carbonyl (C=O) groups is 3. The average Bonchev–Trinajstić information content (AvgIpc) is 3.66. The first kappa shape index (κ1) is 31.1. The SMILES string of the molecule is C[C@@]12Cc3[nH]nc(C(=O)Nc4cnn([C@@H]5CCN(C[C@H]6CCN(c7ccc(C8CCC(=O)NC8=O)cc7)C6)C[C@H]5F)c4)c3C[C@@H]1C2(F)F. The molecule has 4 fully saturated rings. The van der Waals surface area contributed by atoms with Crippen molar-refractivity contribution in [1.29, 1.82) is 0 Å². The van der Waals surface area contributed by atoms with Crippen molar-refractivity contribution in [2.75, 3.05) is 42.9 Å². The number of carbonyl (C=O) groups excluding carboxylic acids is 3. The highest BCUT2D eigenvalue weighted by Crippen LogP contribution is 2.70. The fourth-order valence-corrected chi connectivity index (χ4v) is 8.50. The molecule has 0 radical (unpaired) electrons. The third kappa shape index (κ3) is 5.28. The molecule has 2 aromatic heterocycles. The summed E-state index contributed by atoms with van der Waals surface area (Å²) in [4.78, 5) is 41.3. The number of hydrogen-bond donors (Lipinski definition) is 3. The zero-order chi connectivity index (χ0) is 33.4. The molecule has 3 aliphatic heterocycles. The standard InChI is InChI=1S/C34H39F3N8O3/c1-33-13-26-24(12-28(33)34(33,36)37)30(42-41-26)32(48)39-21-14-38-45(17-21)27-9-10-43(18-25(27)35)15-19-8-11-44(16-19)22-4-2-20(3-5-22)23-6-7-29(46)40-31(23)47/h2-5,14,17,19,23,25,27-28H,6-13,15-16,18H2,1H3,(H,39,48)(H,41,42)(H,40,46,47)/t19-,23?,25-,27-,28+,33-/m1/s1. The Balaban J connectivity index is 0.822. The number of nitrogens with one attached hydrogen (secondary N) is 3. The van der Waals surface area contributed by atoms with Gasteiger partial charge in [0.1, 0.15) is 6.17 Å². The number of rotatable bonds is 7. The lowest BCUT2D eigenvalue weighted by Gasteiger charge is -2.36. The zero-order valence-corrected chi connectivity index (χ0v) is 26.7. The second kappa shape index (κ2) is 11.5. The van der Waals surface area contributed by atoms with Crippen LogP contribution in [0.2, 0.25) is 0 Å². The fourth-order valence-electron chi connectivity index (χ4n) is 8.50. The van der Waals surface area contributed by atoms with Crippen LogP contribution in [0, 0.1) is 17.3 Å². The number of likely N-dealkylation sites (tertiary alicyclic amines) is 1. The van der Waals surface area contributed by atoms with Gasteiger partial charge in [-0.25, -0.2) is 13.2 Å². The van der Waals surface area contributed by atoms with Crippen LogP contribution in [0.5, 0.6) is 0 Å². The van der Waals surface area contributed by atoms with E-state index in [1.54, 1.807) is 17.8 Å². The molecule has 0 spiro atoms. The summed E-state index contributed by atoms with van der Waals surface area (Å²) in [6.45, 7) is 5.20. The Morgan fingerprint density at radius 3 is 2.69 bits per heavy atom. The van der Waals surface area contributed by atoms with Crippen molar-refractivity contribution in [3.63, 3.8) is 0 Å². The number of hydrogen-bond acceptors (Lipinski definition) is 7. The van der Waals surface area contributed by atoms with Gasteiger partial charge >= 0.3 is 0 Å². The summed E-state index contributed by atoms with van der Waals surface area (Å²) in [6.07, 6.45) is 4.71. The normalized spacial score (nSPS) is 31.2. The van der Waals surface area contributed by atoms with Crippen LogP contribution in [0.15, 0.2) is 36.7 Å². The molecule has 48 heavy (non-hydrogen) atoms. The van der Waals surface area contributed by atoms with Crippen LogP contribution in [0.3, 0.4) is 0 Å². The number of aromatic amines is 1. The van der Waals surface area contributed by atoms with Gasteiger partial charge in [-0.05, 0) is 49.3 Å². The maximum absolute atomic E-state index is 15.5. The first-order valence-electron chi connectivity index (χ1n) is 16.8. The molecule has 1 unspecified atom stereocenters. The Morgan fingerprint density at radius 1 is 1.10 bits per heavy atom. The quantitative estimate of drug-likeness (QED) is 0.328. The number of fused-ring (bicyclic) bond motifs is 2. The van der Waals surface area contributed by atoms with Crippen LogP contribution in [0.4, 0.5) is 24.5 Å². The van der Waals surface area contributed by atoms with E-state index in [9.17, 15) is 23.2 Å². The second-order valence-corrected chi connectivity index (χ2v) is 14.5. The Kier molecular flexibility index (Phi) is 7.42. The van der Waals surface area contributed by atoms with Gasteiger partial charge in [0.15, 0.2) is 5.69 Å². The zero-order valence-electron chi connectivity index (χ0n) is 26.7. The largest absolute Gasteiger partial charge is 0.371 e. The summed E-state index contributed by atoms with van der Waals surface area (Å²) < 4.78 is 45.7. The Hall–Kier alpha value is -4.20. The average molecular weight is 665 g/mol. The lowest BCUT2D eigenvalue weighted by Crippen LogP contribution is -2.45. The number of H-pyrrole nitrogens is 1. The maximum Gasteiger partial charge on any atom is 0.276 e. The predicted octanol–water partition coefficient (Wildman–Crippen LogP) is 3.86. The Labute approximate surface area is 275 Å². The lowest BCUT2D eigenvalue weighted by molar-refractivity contribution is -0.134. The highest BCUT2D eigenvalue weighted by molar-refractivity contribution is 6.04. The van der Waals surface area contributed by atoms with Gasteiger partial charge in [-0.15, -0.1) is 0 Å². The number of anilines is 2. The maximum atomic E-state index is 15.5. The molecule has 6 atom stereocenters. The molecule has 3 saturated heterocycles. The first-order valence-corrected chi connectivity index (χ1v) is 16.8. The van der Waals surface area contributed by atoms with E-state index >= 15 is 4.39 Å². The Bertz CT molecular complexity index is 1760. The molecule has 254 valence electrons. The molecule has 8 rings (SSSR count). The van der Waals surface area contributed by atoms with Crippen LogP contribution in [-0.4, -0.2) is 87.4 Å². The first-order chi connectivity index (χ1) is 23.0. The molecule has 11 nitrogen and oxygen atoms in total. The van der Waals surface area contributed by atoms with Crippen LogP contribution in [0.1, 0.15) is 71.9 Å². The molecule has 2 aliphatic carbocycles. The van der Waals surface area contributed by atoms with Gasteiger partial charge < -0.3 is 10.2 Å². The number of alkyl halides is 3. The predicted molar refractivity (Wildman–Crippen MR) is 170 cm³/mol. The van der Waals surface area contributed by atoms with E-state index in [1.165, 1.54) is 6.20 Å². The molecule has 3 N–H and O–H groups in total. The molecule has 5 aliphatic rings. The third-order valence-corrected chi connectivity index (χ3v) is 11.5. The molecule has 1 saturated carbocycles. The molecule has 3 aromatic rings. The molecule has 14 heteroatoms. The highest BCUT2D eigenvalue weighted by atomic mass is 19.3. The van der Waals surface area contributed by atoms with Crippen LogP contribution >= 0.6 is 0 Å². The molecule has 1 aromatic carbocycles. The van der Waals surface area contributed by atoms with Gasteiger partial charge in [0.05, 0.1) is 23.8 Å². The van der Waals surface area contributed by atoms with Gasteiger partial charge in [0.2, 0.25) is 11.8 Å². The van der Waals surface area contributed by atoms with Gasteiger partial charge in [-0.1, -0.05) is 19.1 Å². The molecule has 0 bridgehead atoms. The monoisotopic (exact) mass is 664 g/mol. The summed E-state index contributed by atoms with van der Waals surface area (Å²) in [5, 5.41) is 16.5. The summed E-state index contributed by atoms with van der Waals surface area (Å²) in [6, 6.07) is 7.57. The van der Waals surface area contributed by atoms with Crippen molar-refractivity contribution in [2.45, 2.75) is 69.5 Å². The van der Waals surface area contributed by atoms with E-state index in [-0.39, 0.29) is 36.3 Å². The van der Waals surface area contributed by atoms with E-state index in [2.05, 4.69) is 35.7 Å². The number of aromatic nitrogens is 4. The summed E-state index contributed by atoms with van der Waals surface area (Å²) in [7, 11) is 0. The highest BCUT2D eigenvalue weighted by Gasteiger charge is 2.78. The molecule has 5 heterocycles. The van der Waals surface area contributed by atoms with Crippen molar-refractivity contribution in [1.82, 2.24) is 30.2 Å². The van der Waals surface area contributed by atoms with Crippen molar-refractivity contribution in [3.05, 3.63) is 59.2 Å². The minimum Gasteiger partial charge on any atom is -0.371 e. The summed E-state index contributed by atoms with van der Waals surface area (Å²) in [5.74, 6) is -4.37. The molecule has 3 amide bonds. The van der Waals surface area contributed by atoms with Crippen molar-refractivity contribution < 1.29 is 27.6 Å². The topological polar surface area (TPSA) is 128 Å². The van der Waals surface area contributed by atoms with Crippen molar-refractivity contribution in [2.24, 2.45) is 17.3 Å². The summed E-state index contributed by atoms with van der Waals surface area (Å²) >= 11 is 0. The minimum atomic E-state index is -2.74. The van der Waals surface area contributed by atoms with E-state index in [0.717, 1.165) is 43.9 Å². The smallest absolute Gasteiger partial charge is 0.276 e. The Morgan fingerprint density at radius 2 is 1.92 bits per heavy atom. The van der Waals surface area contributed by atoms with Crippen LogP contribution in [0.25, 0.3) is 0 Å². The summed E-state index contributed by atoms with van der Waals surface area (Å²) in [5.41, 5.74) is 2.59. The second-order valence-electron chi connectivity index (χ2n) is 14.5. The van der Waals surface area contributed by atoms with Crippen molar-refractivity contribution in [3.8, 4) is 0 Å². The van der Waals surface area contributed by atoms with E-state index in [1.807, 2.05) is 24.3 Å². The molecular weight excluding hydrogens is 625 g/mol. The number of piperidine rings is 2. The number of benzene rings is 1. The van der Waals surface area contributed by atoms with Crippen LogP contribution < -0.4 is 15.5 Å². The fraction of sp³-hybridized carbons (Fsp3) is 0.559. The van der Waals surface area contributed by atoms with Gasteiger partial charge in [0, 0.05) is 80.0 Å². The van der Waals surface area contributed by atoms with Gasteiger partial charge in [-0.2, -0.15) is 10.2 Å². The lowest BCUT2D eigenvalue weighted by atomic mass is 9.87. The number of imide groups is 1. The number of halogens is 3. The van der Waals surface area contributed by atoms with Gasteiger partial charge in [-0.3, -0.25) is 34.4 Å². The number of nitrogens with zero attached hydrogens (tertiary/aromatic N) is 5. The molecular formula is C34H39F3N8O3. The van der Waals surface area contributed by atoms with E-state index < -0.39 is 35.4 Å². The van der Waals surface area contributed by atoms with E-state index in [4.69, 9.17) is 0 Å². The number of amides is 3. The van der Waals surface area contributed by atoms with Gasteiger partial charge in [0.25, 0.3) is 11.8 Å². The van der Waals surface area contributed by atoms with Crippen LogP contribution in [-0.2, 0) is 22.4 Å². The third-order valence-electron chi connectivity index (χ3n) is 11.5. The van der Waals surface area contributed by atoms with Crippen molar-refractivity contribution >= 4 is 29.1 Å².